The highest BCUT2D eigenvalue weighted by atomic mass is 79.9. The van der Waals surface area contributed by atoms with Crippen molar-refractivity contribution in [2.45, 2.75) is 25.7 Å². The summed E-state index contributed by atoms with van der Waals surface area (Å²) >= 11 is 4.82. The summed E-state index contributed by atoms with van der Waals surface area (Å²) in [5, 5.41) is 2.95. The molecule has 5 heteroatoms. The SMILES string of the molecule is O=C(Nc1ccc(N2CCCCCC2)cc1)c1ccc(Br)s1. The summed E-state index contributed by atoms with van der Waals surface area (Å²) < 4.78 is 0.967. The van der Waals surface area contributed by atoms with Crippen molar-refractivity contribution in [2.75, 3.05) is 23.3 Å². The topological polar surface area (TPSA) is 32.3 Å². The van der Waals surface area contributed by atoms with E-state index < -0.39 is 0 Å². The van der Waals surface area contributed by atoms with Crippen LogP contribution in [0.25, 0.3) is 0 Å². The Morgan fingerprint density at radius 1 is 1.00 bits per heavy atom. The predicted molar refractivity (Wildman–Crippen MR) is 97.1 cm³/mol. The Bertz CT molecular complexity index is 630. The molecule has 116 valence electrons. The molecule has 0 atom stereocenters. The number of nitrogens with zero attached hydrogens (tertiary/aromatic N) is 1. The summed E-state index contributed by atoms with van der Waals surface area (Å²) in [6.45, 7) is 2.27. The summed E-state index contributed by atoms with van der Waals surface area (Å²) in [4.78, 5) is 15.3. The molecule has 1 aromatic carbocycles. The third-order valence-electron chi connectivity index (χ3n) is 3.89. The second-order valence-electron chi connectivity index (χ2n) is 5.51. The first-order chi connectivity index (χ1) is 10.7. The predicted octanol–water partition coefficient (Wildman–Crippen LogP) is 5.14. The molecule has 0 radical (unpaired) electrons. The molecular formula is C17H19BrN2OS. The van der Waals surface area contributed by atoms with Gasteiger partial charge >= 0.3 is 0 Å². The van der Waals surface area contributed by atoms with Gasteiger partial charge < -0.3 is 10.2 Å². The van der Waals surface area contributed by atoms with Gasteiger partial charge in [-0.3, -0.25) is 4.79 Å². The molecular weight excluding hydrogens is 360 g/mol. The molecule has 3 rings (SSSR count). The maximum Gasteiger partial charge on any atom is 0.265 e. The Morgan fingerprint density at radius 3 is 2.27 bits per heavy atom. The van der Waals surface area contributed by atoms with Crippen molar-refractivity contribution in [2.24, 2.45) is 0 Å². The van der Waals surface area contributed by atoms with Crippen LogP contribution in [0.15, 0.2) is 40.2 Å². The number of amides is 1. The lowest BCUT2D eigenvalue weighted by Gasteiger charge is -2.22. The van der Waals surface area contributed by atoms with Crippen LogP contribution < -0.4 is 10.2 Å². The number of carbonyl (C=O) groups excluding carboxylic acids is 1. The van der Waals surface area contributed by atoms with Crippen LogP contribution >= 0.6 is 27.3 Å². The Hall–Kier alpha value is -1.33. The molecule has 0 bridgehead atoms. The summed E-state index contributed by atoms with van der Waals surface area (Å²) in [7, 11) is 0. The summed E-state index contributed by atoms with van der Waals surface area (Å²) in [6.07, 6.45) is 5.21. The Balaban J connectivity index is 1.64. The number of halogens is 1. The van der Waals surface area contributed by atoms with E-state index in [2.05, 4.69) is 38.3 Å². The Labute approximate surface area is 143 Å². The zero-order chi connectivity index (χ0) is 15.4. The number of carbonyl (C=O) groups is 1. The lowest BCUT2D eigenvalue weighted by atomic mass is 10.2. The number of nitrogens with one attached hydrogen (secondary N) is 1. The van der Waals surface area contributed by atoms with E-state index in [9.17, 15) is 4.79 Å². The van der Waals surface area contributed by atoms with Crippen LogP contribution in [-0.2, 0) is 0 Å². The smallest absolute Gasteiger partial charge is 0.265 e. The number of benzene rings is 1. The van der Waals surface area contributed by atoms with Crippen molar-refractivity contribution >= 4 is 44.5 Å². The fourth-order valence-electron chi connectivity index (χ4n) is 2.71. The van der Waals surface area contributed by atoms with E-state index in [4.69, 9.17) is 0 Å². The van der Waals surface area contributed by atoms with Gasteiger partial charge in [-0.1, -0.05) is 12.8 Å². The van der Waals surface area contributed by atoms with Crippen molar-refractivity contribution in [3.05, 3.63) is 45.1 Å². The minimum absolute atomic E-state index is 0.0572. The van der Waals surface area contributed by atoms with Crippen LogP contribution in [-0.4, -0.2) is 19.0 Å². The molecule has 2 aromatic rings. The van der Waals surface area contributed by atoms with Gasteiger partial charge in [0.05, 0.1) is 8.66 Å². The minimum Gasteiger partial charge on any atom is -0.372 e. The van der Waals surface area contributed by atoms with Crippen LogP contribution in [0.5, 0.6) is 0 Å². The molecule has 1 saturated heterocycles. The molecule has 0 spiro atoms. The van der Waals surface area contributed by atoms with Crippen LogP contribution in [0.3, 0.4) is 0 Å². The quantitative estimate of drug-likeness (QED) is 0.801. The molecule has 22 heavy (non-hydrogen) atoms. The number of anilines is 2. The Kier molecular flexibility index (Phi) is 5.16. The standard InChI is InChI=1S/C17H19BrN2OS/c18-16-10-9-15(22-16)17(21)19-13-5-7-14(8-6-13)20-11-3-1-2-4-12-20/h5-10H,1-4,11-12H2,(H,19,21). The molecule has 1 N–H and O–H groups in total. The van der Waals surface area contributed by atoms with Crippen molar-refractivity contribution in [3.63, 3.8) is 0 Å². The van der Waals surface area contributed by atoms with Gasteiger partial charge in [0, 0.05) is 24.5 Å². The molecule has 3 nitrogen and oxygen atoms in total. The second-order valence-corrected chi connectivity index (χ2v) is 7.97. The molecule has 0 saturated carbocycles. The zero-order valence-electron chi connectivity index (χ0n) is 12.3. The first kappa shape index (κ1) is 15.6. The average Bonchev–Trinajstić information content (AvgIpc) is 2.80. The van der Waals surface area contributed by atoms with Crippen LogP contribution in [0.2, 0.25) is 0 Å². The van der Waals surface area contributed by atoms with Gasteiger partial charge in [-0.15, -0.1) is 11.3 Å². The molecule has 1 aliphatic heterocycles. The lowest BCUT2D eigenvalue weighted by molar-refractivity contribution is 0.103. The molecule has 0 unspecified atom stereocenters. The van der Waals surface area contributed by atoms with Crippen LogP contribution in [0.4, 0.5) is 11.4 Å². The van der Waals surface area contributed by atoms with E-state index in [0.717, 1.165) is 22.6 Å². The van der Waals surface area contributed by atoms with Crippen molar-refractivity contribution < 1.29 is 4.79 Å². The van der Waals surface area contributed by atoms with Gasteiger partial charge in [-0.25, -0.2) is 0 Å². The van der Waals surface area contributed by atoms with Crippen molar-refractivity contribution in [1.29, 1.82) is 0 Å². The van der Waals surface area contributed by atoms with Gasteiger partial charge in [-0.2, -0.15) is 0 Å². The van der Waals surface area contributed by atoms with E-state index in [1.807, 2.05) is 24.3 Å². The van der Waals surface area contributed by atoms with Gasteiger partial charge in [0.15, 0.2) is 0 Å². The maximum atomic E-state index is 12.1. The minimum atomic E-state index is -0.0572. The van der Waals surface area contributed by atoms with Crippen molar-refractivity contribution in [1.82, 2.24) is 0 Å². The highest BCUT2D eigenvalue weighted by molar-refractivity contribution is 9.11. The molecule has 1 aliphatic rings. The molecule has 1 fully saturated rings. The summed E-state index contributed by atoms with van der Waals surface area (Å²) in [5.41, 5.74) is 2.09. The molecule has 0 aliphatic carbocycles. The highest BCUT2D eigenvalue weighted by Gasteiger charge is 2.11. The van der Waals surface area contributed by atoms with Gasteiger partial charge in [-0.05, 0) is 65.2 Å². The van der Waals surface area contributed by atoms with E-state index in [0.29, 0.717) is 4.88 Å². The monoisotopic (exact) mass is 378 g/mol. The molecule has 2 heterocycles. The molecule has 1 amide bonds. The first-order valence-corrected chi connectivity index (χ1v) is 9.25. The average molecular weight is 379 g/mol. The fraction of sp³-hybridized carbons (Fsp3) is 0.353. The second kappa shape index (κ2) is 7.29. The van der Waals surface area contributed by atoms with E-state index >= 15 is 0 Å². The van der Waals surface area contributed by atoms with E-state index in [-0.39, 0.29) is 5.91 Å². The zero-order valence-corrected chi connectivity index (χ0v) is 14.8. The highest BCUT2D eigenvalue weighted by Crippen LogP contribution is 2.24. The maximum absolute atomic E-state index is 12.1. The van der Waals surface area contributed by atoms with Crippen LogP contribution in [0, 0.1) is 0 Å². The first-order valence-electron chi connectivity index (χ1n) is 7.64. The largest absolute Gasteiger partial charge is 0.372 e. The van der Waals surface area contributed by atoms with Crippen LogP contribution in [0.1, 0.15) is 35.4 Å². The fourth-order valence-corrected chi connectivity index (χ4v) is 3.99. The number of hydrogen-bond donors (Lipinski definition) is 1. The summed E-state index contributed by atoms with van der Waals surface area (Å²) in [6, 6.07) is 11.9. The lowest BCUT2D eigenvalue weighted by Crippen LogP contribution is -2.23. The third kappa shape index (κ3) is 3.90. The van der Waals surface area contributed by atoms with E-state index in [1.54, 1.807) is 0 Å². The van der Waals surface area contributed by atoms with Crippen molar-refractivity contribution in [3.8, 4) is 0 Å². The third-order valence-corrected chi connectivity index (χ3v) is 5.52. The van der Waals surface area contributed by atoms with Gasteiger partial charge in [0.25, 0.3) is 5.91 Å². The number of rotatable bonds is 3. The normalized spacial score (nSPS) is 15.4. The molecule has 1 aromatic heterocycles. The summed E-state index contributed by atoms with van der Waals surface area (Å²) in [5.74, 6) is -0.0572. The number of thiophene rings is 1. The van der Waals surface area contributed by atoms with Gasteiger partial charge in [0.1, 0.15) is 0 Å². The van der Waals surface area contributed by atoms with E-state index in [1.165, 1.54) is 42.7 Å². The van der Waals surface area contributed by atoms with Gasteiger partial charge in [0.2, 0.25) is 0 Å². The Morgan fingerprint density at radius 2 is 1.68 bits per heavy atom. The number of hydrogen-bond acceptors (Lipinski definition) is 3.